The van der Waals surface area contributed by atoms with Crippen LogP contribution in [0.5, 0.6) is 5.75 Å². The van der Waals surface area contributed by atoms with Crippen LogP contribution in [-0.4, -0.2) is 50.9 Å². The van der Waals surface area contributed by atoms with E-state index in [1.807, 2.05) is 45.0 Å². The molecule has 0 radical (unpaired) electrons. The topological polar surface area (TPSA) is 96.0 Å². The van der Waals surface area contributed by atoms with Crippen LogP contribution in [0.25, 0.3) is 0 Å². The molecule has 3 aromatic carbocycles. The van der Waals surface area contributed by atoms with E-state index in [1.54, 1.807) is 43.3 Å². The SMILES string of the molecule is CC[C@H](C)NC(=O)[C@H](C)N(Cc1ccc(Br)cc1)C(=O)CN(c1cc(C)ccc1OC)S(=O)(=O)c1ccccc1. The van der Waals surface area contributed by atoms with Crippen LogP contribution in [0.1, 0.15) is 38.3 Å². The lowest BCUT2D eigenvalue weighted by Crippen LogP contribution is -2.52. The fourth-order valence-corrected chi connectivity index (χ4v) is 5.76. The normalized spacial score (nSPS) is 12.8. The molecule has 2 amide bonds. The lowest BCUT2D eigenvalue weighted by Gasteiger charge is -2.33. The first kappa shape index (κ1) is 31.2. The fraction of sp³-hybridized carbons (Fsp3) is 0.333. The van der Waals surface area contributed by atoms with Gasteiger partial charge in [0.1, 0.15) is 18.3 Å². The summed E-state index contributed by atoms with van der Waals surface area (Å²) in [5.41, 5.74) is 1.83. The van der Waals surface area contributed by atoms with E-state index in [4.69, 9.17) is 4.74 Å². The van der Waals surface area contributed by atoms with Crippen LogP contribution in [0.2, 0.25) is 0 Å². The molecule has 0 bridgehead atoms. The molecule has 0 aliphatic carbocycles. The highest BCUT2D eigenvalue weighted by atomic mass is 79.9. The maximum atomic E-state index is 14.1. The van der Waals surface area contributed by atoms with Crippen molar-refractivity contribution in [2.24, 2.45) is 0 Å². The summed E-state index contributed by atoms with van der Waals surface area (Å²) in [5, 5.41) is 2.93. The van der Waals surface area contributed by atoms with E-state index in [9.17, 15) is 18.0 Å². The summed E-state index contributed by atoms with van der Waals surface area (Å²) in [6.07, 6.45) is 0.732. The van der Waals surface area contributed by atoms with E-state index in [1.165, 1.54) is 24.1 Å². The molecule has 0 aliphatic rings. The monoisotopic (exact) mass is 629 g/mol. The molecule has 8 nitrogen and oxygen atoms in total. The van der Waals surface area contributed by atoms with Crippen LogP contribution >= 0.6 is 15.9 Å². The molecule has 0 unspecified atom stereocenters. The molecule has 0 spiro atoms. The minimum atomic E-state index is -4.18. The van der Waals surface area contributed by atoms with Crippen molar-refractivity contribution in [2.75, 3.05) is 18.0 Å². The summed E-state index contributed by atoms with van der Waals surface area (Å²) in [6, 6.07) is 19.6. The highest BCUT2D eigenvalue weighted by Gasteiger charge is 2.34. The maximum Gasteiger partial charge on any atom is 0.264 e. The maximum absolute atomic E-state index is 14.1. The number of sulfonamides is 1. The van der Waals surface area contributed by atoms with Gasteiger partial charge in [-0.05, 0) is 74.7 Å². The van der Waals surface area contributed by atoms with Gasteiger partial charge in [-0.1, -0.05) is 59.3 Å². The Morgan fingerprint density at radius 3 is 2.25 bits per heavy atom. The molecule has 0 aromatic heterocycles. The third-order valence-corrected chi connectivity index (χ3v) is 8.95. The van der Waals surface area contributed by atoms with Crippen LogP contribution < -0.4 is 14.4 Å². The first-order chi connectivity index (χ1) is 19.0. The summed E-state index contributed by atoms with van der Waals surface area (Å²) in [7, 11) is -2.73. The Kier molecular flexibility index (Phi) is 10.8. The third kappa shape index (κ3) is 7.63. The number of nitrogens with one attached hydrogen (secondary N) is 1. The zero-order chi connectivity index (χ0) is 29.4. The van der Waals surface area contributed by atoms with Gasteiger partial charge in [0.2, 0.25) is 11.8 Å². The molecule has 3 rings (SSSR count). The number of aryl methyl sites for hydroxylation is 1. The molecule has 0 saturated carbocycles. The lowest BCUT2D eigenvalue weighted by atomic mass is 10.1. The predicted octanol–water partition coefficient (Wildman–Crippen LogP) is 5.29. The molecule has 3 aromatic rings. The van der Waals surface area contributed by atoms with E-state index >= 15 is 0 Å². The number of hydrogen-bond donors (Lipinski definition) is 1. The molecule has 2 atom stereocenters. The number of ether oxygens (including phenoxy) is 1. The molecule has 0 saturated heterocycles. The molecule has 0 heterocycles. The summed E-state index contributed by atoms with van der Waals surface area (Å²) in [4.78, 5) is 28.7. The molecule has 214 valence electrons. The van der Waals surface area contributed by atoms with Gasteiger partial charge in [0, 0.05) is 17.1 Å². The van der Waals surface area contributed by atoms with Crippen molar-refractivity contribution < 1.29 is 22.7 Å². The van der Waals surface area contributed by atoms with Gasteiger partial charge in [0.05, 0.1) is 17.7 Å². The number of halogens is 1. The van der Waals surface area contributed by atoms with Crippen LogP contribution in [0.15, 0.2) is 82.2 Å². The number of carbonyl (C=O) groups excluding carboxylic acids is 2. The second kappa shape index (κ2) is 13.8. The number of benzene rings is 3. The highest BCUT2D eigenvalue weighted by molar-refractivity contribution is 9.10. The number of amides is 2. The van der Waals surface area contributed by atoms with E-state index in [-0.39, 0.29) is 29.1 Å². The van der Waals surface area contributed by atoms with Gasteiger partial charge in [0.25, 0.3) is 10.0 Å². The minimum Gasteiger partial charge on any atom is -0.495 e. The number of rotatable bonds is 12. The average Bonchev–Trinajstić information content (AvgIpc) is 2.95. The number of carbonyl (C=O) groups is 2. The van der Waals surface area contributed by atoms with Crippen LogP contribution in [0.4, 0.5) is 5.69 Å². The van der Waals surface area contributed by atoms with Crippen molar-refractivity contribution in [1.29, 1.82) is 0 Å². The van der Waals surface area contributed by atoms with Crippen molar-refractivity contribution in [3.63, 3.8) is 0 Å². The predicted molar refractivity (Wildman–Crippen MR) is 161 cm³/mol. The van der Waals surface area contributed by atoms with Crippen LogP contribution in [0.3, 0.4) is 0 Å². The first-order valence-corrected chi connectivity index (χ1v) is 15.3. The second-order valence-electron chi connectivity index (χ2n) is 9.64. The average molecular weight is 631 g/mol. The molecule has 40 heavy (non-hydrogen) atoms. The minimum absolute atomic E-state index is 0.0355. The number of anilines is 1. The smallest absolute Gasteiger partial charge is 0.264 e. The van der Waals surface area contributed by atoms with Crippen molar-refractivity contribution in [3.8, 4) is 5.75 Å². The zero-order valence-corrected chi connectivity index (χ0v) is 25.8. The molecular weight excluding hydrogens is 594 g/mol. The van der Waals surface area contributed by atoms with Gasteiger partial charge < -0.3 is 15.0 Å². The number of methoxy groups -OCH3 is 1. The van der Waals surface area contributed by atoms with Gasteiger partial charge in [0.15, 0.2) is 0 Å². The van der Waals surface area contributed by atoms with E-state index < -0.39 is 28.5 Å². The van der Waals surface area contributed by atoms with Gasteiger partial charge in [-0.3, -0.25) is 13.9 Å². The molecular formula is C30H36BrN3O5S. The summed E-state index contributed by atoms with van der Waals surface area (Å²) in [5.74, 6) is -0.539. The Balaban J connectivity index is 2.08. The van der Waals surface area contributed by atoms with E-state index in [2.05, 4.69) is 21.2 Å². The number of nitrogens with zero attached hydrogens (tertiary/aromatic N) is 2. The standard InChI is InChI=1S/C30H36BrN3O5S/c1-6-22(3)32-30(36)23(4)33(19-24-13-15-25(31)16-14-24)29(35)20-34(27-18-21(2)12-17-28(27)39-5)40(37,38)26-10-8-7-9-11-26/h7-18,22-23H,6,19-20H2,1-5H3,(H,32,36)/t22-,23-/m0/s1. The molecule has 0 aliphatic heterocycles. The van der Waals surface area contributed by atoms with Crippen molar-refractivity contribution in [1.82, 2.24) is 10.2 Å². The molecule has 1 N–H and O–H groups in total. The van der Waals surface area contributed by atoms with Crippen molar-refractivity contribution in [2.45, 2.75) is 57.6 Å². The van der Waals surface area contributed by atoms with E-state index in [0.29, 0.717) is 5.75 Å². The Bertz CT molecular complexity index is 1420. The number of hydrogen-bond acceptors (Lipinski definition) is 5. The second-order valence-corrected chi connectivity index (χ2v) is 12.4. The van der Waals surface area contributed by atoms with Crippen molar-refractivity contribution in [3.05, 3.63) is 88.4 Å². The lowest BCUT2D eigenvalue weighted by molar-refractivity contribution is -0.139. The molecule has 0 fully saturated rings. The highest BCUT2D eigenvalue weighted by Crippen LogP contribution is 2.33. The summed E-state index contributed by atoms with van der Waals surface area (Å²) in [6.45, 7) is 6.92. The molecule has 10 heteroatoms. The van der Waals surface area contributed by atoms with Gasteiger partial charge in [-0.15, -0.1) is 0 Å². The quantitative estimate of drug-likeness (QED) is 0.294. The van der Waals surface area contributed by atoms with Crippen LogP contribution in [-0.2, 0) is 26.2 Å². The largest absolute Gasteiger partial charge is 0.495 e. The summed E-state index contributed by atoms with van der Waals surface area (Å²) >= 11 is 3.42. The zero-order valence-electron chi connectivity index (χ0n) is 23.4. The summed E-state index contributed by atoms with van der Waals surface area (Å²) < 4.78 is 35.4. The first-order valence-electron chi connectivity index (χ1n) is 13.0. The van der Waals surface area contributed by atoms with Gasteiger partial charge >= 0.3 is 0 Å². The van der Waals surface area contributed by atoms with Crippen LogP contribution in [0, 0.1) is 6.92 Å². The Hall–Kier alpha value is -3.37. The Morgan fingerprint density at radius 1 is 1.00 bits per heavy atom. The van der Waals surface area contributed by atoms with E-state index in [0.717, 1.165) is 26.3 Å². The Labute approximate surface area is 245 Å². The fourth-order valence-electron chi connectivity index (χ4n) is 4.06. The third-order valence-electron chi connectivity index (χ3n) is 6.65. The Morgan fingerprint density at radius 2 is 1.65 bits per heavy atom. The van der Waals surface area contributed by atoms with Crippen molar-refractivity contribution >= 4 is 43.5 Å². The van der Waals surface area contributed by atoms with Gasteiger partial charge in [-0.2, -0.15) is 0 Å². The van der Waals surface area contributed by atoms with Gasteiger partial charge in [-0.25, -0.2) is 8.42 Å².